The molecule has 0 aromatic carbocycles. The van der Waals surface area contributed by atoms with Gasteiger partial charge in [0.15, 0.2) is 0 Å². The van der Waals surface area contributed by atoms with E-state index in [-0.39, 0.29) is 5.25 Å². The molecular weight excluding hydrogens is 210 g/mol. The average molecular weight is 223 g/mol. The van der Waals surface area contributed by atoms with Crippen LogP contribution in [0.15, 0.2) is 0 Å². The van der Waals surface area contributed by atoms with Crippen molar-refractivity contribution in [3.05, 3.63) is 0 Å². The van der Waals surface area contributed by atoms with Gasteiger partial charge in [-0.3, -0.25) is 9.63 Å². The standard InChI is InChI=1S/C7H13NO3S2/c1-5(12)2-11-8-4-13-3-6(8)7(9)10/h5-6,12H,2-4H2,1H3,(H,9,10). The summed E-state index contributed by atoms with van der Waals surface area (Å²) in [6.45, 7) is 2.36. The molecule has 13 heavy (non-hydrogen) atoms. The first-order valence-corrected chi connectivity index (χ1v) is 5.66. The van der Waals surface area contributed by atoms with Gasteiger partial charge in [0, 0.05) is 11.0 Å². The Balaban J connectivity index is 2.35. The summed E-state index contributed by atoms with van der Waals surface area (Å²) < 4.78 is 0. The van der Waals surface area contributed by atoms with E-state index >= 15 is 0 Å². The molecule has 1 heterocycles. The summed E-state index contributed by atoms with van der Waals surface area (Å²) in [6, 6.07) is -0.503. The van der Waals surface area contributed by atoms with Gasteiger partial charge in [0.2, 0.25) is 0 Å². The van der Waals surface area contributed by atoms with Crippen LogP contribution in [0.3, 0.4) is 0 Å². The van der Waals surface area contributed by atoms with Crippen LogP contribution < -0.4 is 0 Å². The molecule has 0 radical (unpaired) electrons. The molecule has 1 aliphatic heterocycles. The minimum absolute atomic E-state index is 0.125. The Morgan fingerprint density at radius 3 is 3.15 bits per heavy atom. The predicted octanol–water partition coefficient (Wildman–Crippen LogP) is 0.696. The van der Waals surface area contributed by atoms with Crippen LogP contribution >= 0.6 is 24.4 Å². The maximum absolute atomic E-state index is 10.7. The predicted molar refractivity (Wildman–Crippen MR) is 55.0 cm³/mol. The van der Waals surface area contributed by atoms with Gasteiger partial charge >= 0.3 is 5.97 Å². The van der Waals surface area contributed by atoms with Crippen LogP contribution in [0.1, 0.15) is 6.92 Å². The van der Waals surface area contributed by atoms with Crippen LogP contribution in [0.25, 0.3) is 0 Å². The van der Waals surface area contributed by atoms with Crippen LogP contribution in [0.4, 0.5) is 0 Å². The van der Waals surface area contributed by atoms with Gasteiger partial charge in [-0.1, -0.05) is 6.92 Å². The molecule has 1 saturated heterocycles. The van der Waals surface area contributed by atoms with E-state index in [9.17, 15) is 4.79 Å². The topological polar surface area (TPSA) is 49.8 Å². The van der Waals surface area contributed by atoms with Crippen molar-refractivity contribution in [2.75, 3.05) is 18.2 Å². The van der Waals surface area contributed by atoms with Gasteiger partial charge in [0.1, 0.15) is 6.04 Å². The Labute approximate surface area is 87.0 Å². The molecule has 2 atom stereocenters. The highest BCUT2D eigenvalue weighted by Gasteiger charge is 2.32. The zero-order chi connectivity index (χ0) is 9.84. The smallest absolute Gasteiger partial charge is 0.324 e. The van der Waals surface area contributed by atoms with E-state index in [1.807, 2.05) is 6.92 Å². The maximum atomic E-state index is 10.7. The molecule has 1 fully saturated rings. The minimum atomic E-state index is -0.822. The number of hydroxylamine groups is 2. The molecular formula is C7H13NO3S2. The van der Waals surface area contributed by atoms with Crippen molar-refractivity contribution in [2.45, 2.75) is 18.2 Å². The van der Waals surface area contributed by atoms with Gasteiger partial charge in [-0.25, -0.2) is 0 Å². The van der Waals surface area contributed by atoms with Crippen LogP contribution in [0.5, 0.6) is 0 Å². The van der Waals surface area contributed by atoms with E-state index in [4.69, 9.17) is 9.94 Å². The second-order valence-corrected chi connectivity index (χ2v) is 4.80. The second kappa shape index (κ2) is 5.09. The maximum Gasteiger partial charge on any atom is 0.324 e. The fraction of sp³-hybridized carbons (Fsp3) is 0.857. The quantitative estimate of drug-likeness (QED) is 0.687. The summed E-state index contributed by atoms with van der Waals surface area (Å²) >= 11 is 5.71. The van der Waals surface area contributed by atoms with Gasteiger partial charge in [-0.2, -0.15) is 17.7 Å². The number of aliphatic carboxylic acids is 1. The van der Waals surface area contributed by atoms with E-state index in [1.54, 1.807) is 11.8 Å². The molecule has 0 amide bonds. The zero-order valence-electron chi connectivity index (χ0n) is 7.34. The molecule has 0 bridgehead atoms. The lowest BCUT2D eigenvalue weighted by Gasteiger charge is -2.20. The fourth-order valence-electron chi connectivity index (χ4n) is 0.953. The van der Waals surface area contributed by atoms with Gasteiger partial charge in [0.05, 0.1) is 12.5 Å². The Morgan fingerprint density at radius 2 is 2.62 bits per heavy atom. The van der Waals surface area contributed by atoms with Crippen molar-refractivity contribution in [1.29, 1.82) is 0 Å². The number of rotatable bonds is 4. The number of thioether (sulfide) groups is 1. The number of carboxylic acid groups (broad SMARTS) is 1. The molecule has 76 valence electrons. The first-order chi connectivity index (χ1) is 6.11. The number of thiol groups is 1. The van der Waals surface area contributed by atoms with Crippen LogP contribution in [-0.2, 0) is 9.63 Å². The molecule has 1 aliphatic rings. The third-order valence-corrected chi connectivity index (χ3v) is 2.75. The van der Waals surface area contributed by atoms with E-state index in [0.29, 0.717) is 18.2 Å². The van der Waals surface area contributed by atoms with Crippen molar-refractivity contribution in [2.24, 2.45) is 0 Å². The number of carboxylic acids is 1. The molecule has 2 unspecified atom stereocenters. The molecule has 0 saturated carbocycles. The Morgan fingerprint density at radius 1 is 1.92 bits per heavy atom. The largest absolute Gasteiger partial charge is 0.480 e. The summed E-state index contributed by atoms with van der Waals surface area (Å²) in [5, 5.41) is 10.4. The van der Waals surface area contributed by atoms with E-state index in [1.165, 1.54) is 5.06 Å². The van der Waals surface area contributed by atoms with Crippen molar-refractivity contribution in [1.82, 2.24) is 5.06 Å². The average Bonchev–Trinajstić information content (AvgIpc) is 2.47. The lowest BCUT2D eigenvalue weighted by atomic mass is 10.3. The van der Waals surface area contributed by atoms with Crippen molar-refractivity contribution in [3.8, 4) is 0 Å². The molecule has 1 N–H and O–H groups in total. The van der Waals surface area contributed by atoms with Crippen molar-refractivity contribution < 1.29 is 14.7 Å². The highest BCUT2D eigenvalue weighted by Crippen LogP contribution is 2.21. The van der Waals surface area contributed by atoms with Crippen LogP contribution in [0, 0.1) is 0 Å². The van der Waals surface area contributed by atoms with Gasteiger partial charge in [-0.15, -0.1) is 11.8 Å². The summed E-state index contributed by atoms with van der Waals surface area (Å²) in [6.07, 6.45) is 0. The molecule has 4 nitrogen and oxygen atoms in total. The SMILES string of the molecule is CC(S)CON1CSCC1C(=O)O. The number of hydrogen-bond donors (Lipinski definition) is 2. The summed E-state index contributed by atoms with van der Waals surface area (Å²) in [5.41, 5.74) is 0. The Bertz CT molecular complexity index is 189. The third kappa shape index (κ3) is 3.38. The lowest BCUT2D eigenvalue weighted by Crippen LogP contribution is -2.38. The highest BCUT2D eigenvalue weighted by atomic mass is 32.2. The Kier molecular flexibility index (Phi) is 4.37. The number of nitrogens with zero attached hydrogens (tertiary/aromatic N) is 1. The first kappa shape index (κ1) is 11.2. The molecule has 0 aromatic rings. The highest BCUT2D eigenvalue weighted by molar-refractivity contribution is 7.99. The number of carbonyl (C=O) groups is 1. The van der Waals surface area contributed by atoms with E-state index < -0.39 is 12.0 Å². The normalized spacial score (nSPS) is 26.2. The monoisotopic (exact) mass is 223 g/mol. The summed E-state index contributed by atoms with van der Waals surface area (Å²) in [5.74, 6) is 0.394. The Hall–Kier alpha value is 0.0900. The van der Waals surface area contributed by atoms with E-state index in [2.05, 4.69) is 12.6 Å². The van der Waals surface area contributed by atoms with Crippen LogP contribution in [0.2, 0.25) is 0 Å². The fourth-order valence-corrected chi connectivity index (χ4v) is 2.09. The van der Waals surface area contributed by atoms with Crippen molar-refractivity contribution in [3.63, 3.8) is 0 Å². The minimum Gasteiger partial charge on any atom is -0.480 e. The first-order valence-electron chi connectivity index (χ1n) is 3.99. The third-order valence-electron chi connectivity index (χ3n) is 1.61. The second-order valence-electron chi connectivity index (χ2n) is 2.92. The molecule has 6 heteroatoms. The van der Waals surface area contributed by atoms with Gasteiger partial charge in [-0.05, 0) is 0 Å². The molecule has 1 rings (SSSR count). The lowest BCUT2D eigenvalue weighted by molar-refractivity contribution is -0.182. The molecule has 0 aromatic heterocycles. The summed E-state index contributed by atoms with van der Waals surface area (Å²) in [7, 11) is 0. The van der Waals surface area contributed by atoms with Crippen molar-refractivity contribution >= 4 is 30.4 Å². The summed E-state index contributed by atoms with van der Waals surface area (Å²) in [4.78, 5) is 16.0. The molecule has 0 aliphatic carbocycles. The van der Waals surface area contributed by atoms with Gasteiger partial charge < -0.3 is 5.11 Å². The zero-order valence-corrected chi connectivity index (χ0v) is 9.05. The van der Waals surface area contributed by atoms with E-state index in [0.717, 1.165) is 0 Å². The molecule has 0 spiro atoms. The van der Waals surface area contributed by atoms with Crippen LogP contribution in [-0.4, -0.2) is 45.7 Å². The number of hydrogen-bond acceptors (Lipinski definition) is 5. The van der Waals surface area contributed by atoms with Gasteiger partial charge in [0.25, 0.3) is 0 Å².